The largest absolute Gasteiger partial charge is 0.374 e. The number of hydrogen-bond acceptors (Lipinski definition) is 5. The van der Waals surface area contributed by atoms with Crippen LogP contribution in [-0.2, 0) is 16.6 Å². The molecular weight excluding hydrogens is 306 g/mol. The maximum absolute atomic E-state index is 11.3. The Bertz CT molecular complexity index is 826. The average Bonchev–Trinajstić information content (AvgIpc) is 2.92. The van der Waals surface area contributed by atoms with Crippen LogP contribution in [0.15, 0.2) is 28.8 Å². The number of nitrogens with zero attached hydrogens (tertiary/aromatic N) is 2. The third-order valence-electron chi connectivity index (χ3n) is 6.06. The van der Waals surface area contributed by atoms with Crippen LogP contribution in [0, 0.1) is 5.92 Å². The highest BCUT2D eigenvalue weighted by molar-refractivity contribution is 5.92. The number of ether oxygens (including phenoxy) is 1. The summed E-state index contributed by atoms with van der Waals surface area (Å²) in [5, 5.41) is 4.17. The van der Waals surface area contributed by atoms with Crippen LogP contribution in [-0.4, -0.2) is 28.3 Å². The fourth-order valence-electron chi connectivity index (χ4n) is 4.55. The smallest absolute Gasteiger partial charge is 0.248 e. The summed E-state index contributed by atoms with van der Waals surface area (Å²) in [6.45, 7) is 0.818. The van der Waals surface area contributed by atoms with Crippen molar-refractivity contribution in [1.29, 1.82) is 0 Å². The third-order valence-corrected chi connectivity index (χ3v) is 6.06. The van der Waals surface area contributed by atoms with Crippen molar-refractivity contribution < 1.29 is 14.1 Å². The molecule has 1 spiro atoms. The average molecular weight is 325 g/mol. The van der Waals surface area contributed by atoms with Crippen molar-refractivity contribution in [3.63, 3.8) is 0 Å². The van der Waals surface area contributed by atoms with Gasteiger partial charge in [-0.3, -0.25) is 4.79 Å². The molecule has 6 nitrogen and oxygen atoms in total. The predicted octanol–water partition coefficient (Wildman–Crippen LogP) is 1.97. The van der Waals surface area contributed by atoms with Gasteiger partial charge in [-0.05, 0) is 43.4 Å². The molecule has 1 saturated heterocycles. The third kappa shape index (κ3) is 1.77. The van der Waals surface area contributed by atoms with Crippen LogP contribution < -0.4 is 5.73 Å². The first-order chi connectivity index (χ1) is 11.6. The van der Waals surface area contributed by atoms with E-state index in [0.717, 1.165) is 37.3 Å². The van der Waals surface area contributed by atoms with Gasteiger partial charge in [-0.15, -0.1) is 0 Å². The number of hydrogen-bond donors (Lipinski definition) is 1. The number of carbonyl (C=O) groups is 1. The van der Waals surface area contributed by atoms with Crippen LogP contribution in [0.1, 0.15) is 53.3 Å². The maximum atomic E-state index is 11.3. The molecule has 5 rings (SSSR count). The Hall–Kier alpha value is -2.21. The molecule has 2 saturated carbocycles. The molecule has 3 aliphatic rings. The minimum Gasteiger partial charge on any atom is -0.374 e. The second-order valence-corrected chi connectivity index (χ2v) is 7.29. The number of fused-ring (bicyclic) bond motifs is 2. The molecule has 2 atom stereocenters. The highest BCUT2D eigenvalue weighted by Crippen LogP contribution is 2.71. The lowest BCUT2D eigenvalue weighted by Crippen LogP contribution is -2.48. The van der Waals surface area contributed by atoms with Gasteiger partial charge in [-0.25, -0.2) is 0 Å². The topological polar surface area (TPSA) is 91.2 Å². The predicted molar refractivity (Wildman–Crippen MR) is 84.4 cm³/mol. The van der Waals surface area contributed by atoms with E-state index in [0.29, 0.717) is 23.7 Å². The molecule has 0 bridgehead atoms. The van der Waals surface area contributed by atoms with Gasteiger partial charge in [0, 0.05) is 17.9 Å². The summed E-state index contributed by atoms with van der Waals surface area (Å²) >= 11 is 0. The van der Waals surface area contributed by atoms with Gasteiger partial charge in [0.05, 0.1) is 17.6 Å². The molecule has 6 heteroatoms. The molecule has 1 aromatic heterocycles. The molecule has 3 fully saturated rings. The first kappa shape index (κ1) is 14.2. The number of benzene rings is 1. The van der Waals surface area contributed by atoms with Crippen LogP contribution in [0.4, 0.5) is 0 Å². The number of primary amides is 1. The van der Waals surface area contributed by atoms with Gasteiger partial charge >= 0.3 is 0 Å². The first-order valence-corrected chi connectivity index (χ1v) is 8.49. The van der Waals surface area contributed by atoms with E-state index in [1.54, 1.807) is 12.1 Å². The van der Waals surface area contributed by atoms with E-state index in [1.165, 1.54) is 6.42 Å². The molecule has 0 unspecified atom stereocenters. The fraction of sp³-hybridized carbons (Fsp3) is 0.500. The zero-order valence-electron chi connectivity index (χ0n) is 13.3. The minimum atomic E-state index is -0.430. The Balaban J connectivity index is 1.41. The molecule has 2 heterocycles. The second-order valence-electron chi connectivity index (χ2n) is 7.29. The van der Waals surface area contributed by atoms with E-state index in [-0.39, 0.29) is 11.0 Å². The van der Waals surface area contributed by atoms with Gasteiger partial charge in [-0.1, -0.05) is 17.3 Å². The monoisotopic (exact) mass is 325 g/mol. The minimum absolute atomic E-state index is 0.0361. The highest BCUT2D eigenvalue weighted by atomic mass is 16.5. The Kier molecular flexibility index (Phi) is 2.75. The molecule has 124 valence electrons. The first-order valence-electron chi connectivity index (χ1n) is 8.49. The van der Waals surface area contributed by atoms with E-state index < -0.39 is 5.91 Å². The molecule has 24 heavy (non-hydrogen) atoms. The SMILES string of the molecule is NC(=O)c1cccc(Cc2noc([C@]34C[C@H]3COC43CCC3)n2)c1. The molecule has 2 aromatic rings. The summed E-state index contributed by atoms with van der Waals surface area (Å²) in [7, 11) is 0. The highest BCUT2D eigenvalue weighted by Gasteiger charge is 2.77. The van der Waals surface area contributed by atoms with Gasteiger partial charge in [0.2, 0.25) is 11.8 Å². The Morgan fingerprint density at radius 2 is 2.25 bits per heavy atom. The van der Waals surface area contributed by atoms with E-state index in [4.69, 9.17) is 15.0 Å². The van der Waals surface area contributed by atoms with Crippen molar-refractivity contribution in [2.24, 2.45) is 11.7 Å². The quantitative estimate of drug-likeness (QED) is 0.928. The van der Waals surface area contributed by atoms with Gasteiger partial charge in [0.25, 0.3) is 0 Å². The van der Waals surface area contributed by atoms with Crippen molar-refractivity contribution in [3.8, 4) is 0 Å². The van der Waals surface area contributed by atoms with Crippen LogP contribution in [0.2, 0.25) is 0 Å². The lowest BCUT2D eigenvalue weighted by Gasteiger charge is -2.43. The maximum Gasteiger partial charge on any atom is 0.248 e. The van der Waals surface area contributed by atoms with Crippen molar-refractivity contribution in [2.45, 2.75) is 43.1 Å². The summed E-state index contributed by atoms with van der Waals surface area (Å²) in [4.78, 5) is 16.0. The van der Waals surface area contributed by atoms with Crippen molar-refractivity contribution in [1.82, 2.24) is 10.1 Å². The van der Waals surface area contributed by atoms with Gasteiger partial charge in [0.15, 0.2) is 5.82 Å². The van der Waals surface area contributed by atoms with Gasteiger partial charge in [0.1, 0.15) is 0 Å². The molecule has 0 radical (unpaired) electrons. The zero-order chi connectivity index (χ0) is 16.4. The number of carbonyl (C=O) groups excluding carboxylic acids is 1. The standard InChI is InChI=1S/C18H19N3O3/c19-15(22)12-4-1-3-11(7-12)8-14-20-16(24-21-14)18-9-13(18)10-23-17(18)5-2-6-17/h1,3-4,7,13H,2,5-6,8-10H2,(H2,19,22)/t13-,18-/m0/s1. The van der Waals surface area contributed by atoms with E-state index in [9.17, 15) is 4.79 Å². The number of rotatable bonds is 4. The van der Waals surface area contributed by atoms with Crippen LogP contribution >= 0.6 is 0 Å². The van der Waals surface area contributed by atoms with E-state index in [2.05, 4.69) is 10.1 Å². The van der Waals surface area contributed by atoms with Crippen molar-refractivity contribution in [3.05, 3.63) is 47.1 Å². The lowest BCUT2D eigenvalue weighted by atomic mass is 9.68. The summed E-state index contributed by atoms with van der Waals surface area (Å²) in [6, 6.07) is 7.24. The van der Waals surface area contributed by atoms with Crippen LogP contribution in [0.5, 0.6) is 0 Å². The van der Waals surface area contributed by atoms with Gasteiger partial charge < -0.3 is 15.0 Å². The Morgan fingerprint density at radius 3 is 2.96 bits per heavy atom. The summed E-state index contributed by atoms with van der Waals surface area (Å²) in [5.41, 5.74) is 6.69. The zero-order valence-corrected chi connectivity index (χ0v) is 13.3. The van der Waals surface area contributed by atoms with Crippen LogP contribution in [0.3, 0.4) is 0 Å². The number of aromatic nitrogens is 2. The number of amides is 1. The normalized spacial score (nSPS) is 29.2. The number of nitrogens with two attached hydrogens (primary N) is 1. The van der Waals surface area contributed by atoms with E-state index in [1.807, 2.05) is 12.1 Å². The van der Waals surface area contributed by atoms with Gasteiger partial charge in [-0.2, -0.15) is 4.98 Å². The lowest BCUT2D eigenvalue weighted by molar-refractivity contribution is -0.0960. The Morgan fingerprint density at radius 1 is 1.38 bits per heavy atom. The molecule has 2 N–H and O–H groups in total. The summed E-state index contributed by atoms with van der Waals surface area (Å²) in [5.74, 6) is 1.49. The molecule has 1 amide bonds. The summed E-state index contributed by atoms with van der Waals surface area (Å²) < 4.78 is 11.7. The summed E-state index contributed by atoms with van der Waals surface area (Å²) in [6.07, 6.45) is 5.05. The van der Waals surface area contributed by atoms with E-state index >= 15 is 0 Å². The fourth-order valence-corrected chi connectivity index (χ4v) is 4.55. The molecule has 1 aliphatic heterocycles. The molecular formula is C18H19N3O3. The molecule has 2 aliphatic carbocycles. The van der Waals surface area contributed by atoms with Crippen molar-refractivity contribution >= 4 is 5.91 Å². The van der Waals surface area contributed by atoms with Crippen molar-refractivity contribution in [2.75, 3.05) is 6.61 Å². The Labute approximate surface area is 139 Å². The molecule has 1 aromatic carbocycles. The second kappa shape index (κ2) is 4.66. The van der Waals surface area contributed by atoms with Crippen LogP contribution in [0.25, 0.3) is 0 Å².